The molecule has 1 saturated carbocycles. The topological polar surface area (TPSA) is 85.4 Å². The number of hydrogen-bond donors (Lipinski definition) is 1. The average molecular weight is 469 g/mol. The first-order valence-electron chi connectivity index (χ1n) is 9.99. The van der Waals surface area contributed by atoms with Crippen molar-refractivity contribution in [3.8, 4) is 17.0 Å². The predicted octanol–water partition coefficient (Wildman–Crippen LogP) is 4.89. The number of nitrogens with zero attached hydrogens (tertiary/aromatic N) is 1. The number of pyridine rings is 1. The largest absolute Gasteiger partial charge is 0.473 e. The fourth-order valence-corrected chi connectivity index (χ4v) is 4.59. The van der Waals surface area contributed by atoms with Gasteiger partial charge in [-0.15, -0.1) is 0 Å². The van der Waals surface area contributed by atoms with Crippen LogP contribution in [0.2, 0.25) is 5.02 Å². The number of aryl methyl sites for hydroxylation is 1. The van der Waals surface area contributed by atoms with Crippen molar-refractivity contribution in [2.75, 3.05) is 6.26 Å². The van der Waals surface area contributed by atoms with Gasteiger partial charge in [0.1, 0.15) is 16.9 Å². The molecule has 168 valence electrons. The van der Waals surface area contributed by atoms with E-state index in [-0.39, 0.29) is 17.1 Å². The van der Waals surface area contributed by atoms with Crippen LogP contribution in [0.15, 0.2) is 24.4 Å². The smallest absolute Gasteiger partial charge is 0.267 e. The van der Waals surface area contributed by atoms with Gasteiger partial charge in [-0.1, -0.05) is 25.4 Å². The number of halogens is 2. The first kappa shape index (κ1) is 23.5. The number of ether oxygens (including phenoxy) is 1. The van der Waals surface area contributed by atoms with Gasteiger partial charge in [0.2, 0.25) is 15.9 Å². The van der Waals surface area contributed by atoms with Crippen molar-refractivity contribution in [2.24, 2.45) is 5.41 Å². The van der Waals surface area contributed by atoms with Crippen molar-refractivity contribution in [3.05, 3.63) is 46.4 Å². The van der Waals surface area contributed by atoms with Gasteiger partial charge in [0.15, 0.2) is 0 Å². The summed E-state index contributed by atoms with van der Waals surface area (Å²) in [5.74, 6) is -1.53. The monoisotopic (exact) mass is 468 g/mol. The number of benzene rings is 1. The number of sulfonamides is 1. The molecular formula is C22H26ClFN2O4S. The zero-order valence-electron chi connectivity index (χ0n) is 18.0. The Kier molecular flexibility index (Phi) is 6.62. The summed E-state index contributed by atoms with van der Waals surface area (Å²) in [6.45, 7) is 6.13. The quantitative estimate of drug-likeness (QED) is 0.675. The van der Waals surface area contributed by atoms with E-state index >= 15 is 0 Å². The molecule has 0 saturated heterocycles. The minimum atomic E-state index is -3.80. The Morgan fingerprint density at radius 1 is 1.32 bits per heavy atom. The lowest BCUT2D eigenvalue weighted by Crippen LogP contribution is -2.30. The molecule has 3 rings (SSSR count). The van der Waals surface area contributed by atoms with E-state index in [1.807, 2.05) is 0 Å². The molecule has 2 aromatic rings. The standard InChI is InChI=1S/C22H26ClFN2O4S/c1-13-8-17(20(27)26-31(4,28)29)19(24)10-16(13)14-9-18(23)21(25-12-14)30-15-6-5-7-22(2,3)11-15/h8-10,12,15H,5-7,11H2,1-4H3,(H,26,27)/t15-/m0/s1. The molecule has 1 N–H and O–H groups in total. The molecule has 0 unspecified atom stereocenters. The lowest BCUT2D eigenvalue weighted by Gasteiger charge is -2.35. The summed E-state index contributed by atoms with van der Waals surface area (Å²) in [7, 11) is -3.80. The zero-order valence-corrected chi connectivity index (χ0v) is 19.5. The first-order valence-corrected chi connectivity index (χ1v) is 12.3. The van der Waals surface area contributed by atoms with Crippen molar-refractivity contribution in [3.63, 3.8) is 0 Å². The van der Waals surface area contributed by atoms with E-state index in [1.165, 1.54) is 12.1 Å². The van der Waals surface area contributed by atoms with Gasteiger partial charge in [-0.25, -0.2) is 22.5 Å². The van der Waals surface area contributed by atoms with Gasteiger partial charge >= 0.3 is 0 Å². The molecule has 1 amide bonds. The average Bonchev–Trinajstić information content (AvgIpc) is 2.62. The van der Waals surface area contributed by atoms with Crippen LogP contribution in [0.25, 0.3) is 11.1 Å². The lowest BCUT2D eigenvalue weighted by atomic mass is 9.76. The van der Waals surface area contributed by atoms with E-state index in [2.05, 4.69) is 18.8 Å². The fraction of sp³-hybridized carbons (Fsp3) is 0.455. The van der Waals surface area contributed by atoms with Gasteiger partial charge in [-0.2, -0.15) is 0 Å². The van der Waals surface area contributed by atoms with Gasteiger partial charge in [-0.05, 0) is 67.3 Å². The maximum atomic E-state index is 14.6. The predicted molar refractivity (Wildman–Crippen MR) is 118 cm³/mol. The number of hydrogen-bond acceptors (Lipinski definition) is 5. The molecule has 1 aromatic carbocycles. The van der Waals surface area contributed by atoms with Crippen molar-refractivity contribution >= 4 is 27.5 Å². The van der Waals surface area contributed by atoms with Crippen LogP contribution in [-0.4, -0.2) is 31.7 Å². The fourth-order valence-electron chi connectivity index (χ4n) is 3.94. The van der Waals surface area contributed by atoms with Crippen molar-refractivity contribution < 1.29 is 22.3 Å². The van der Waals surface area contributed by atoms with Crippen LogP contribution in [0.1, 0.15) is 55.5 Å². The molecular weight excluding hydrogens is 443 g/mol. The summed E-state index contributed by atoms with van der Waals surface area (Å²) in [6, 6.07) is 4.12. The third kappa shape index (κ3) is 5.95. The molecule has 9 heteroatoms. The lowest BCUT2D eigenvalue weighted by molar-refractivity contribution is 0.0815. The third-order valence-electron chi connectivity index (χ3n) is 5.39. The summed E-state index contributed by atoms with van der Waals surface area (Å²) >= 11 is 6.40. The van der Waals surface area contributed by atoms with Crippen LogP contribution in [0.5, 0.6) is 5.88 Å². The SMILES string of the molecule is Cc1cc(C(=O)NS(C)(=O)=O)c(F)cc1-c1cnc(O[C@H]2CCCC(C)(C)C2)c(Cl)c1. The second-order valence-electron chi connectivity index (χ2n) is 8.86. The highest BCUT2D eigenvalue weighted by Crippen LogP contribution is 2.38. The van der Waals surface area contributed by atoms with Crippen LogP contribution in [0, 0.1) is 18.2 Å². The highest BCUT2D eigenvalue weighted by atomic mass is 35.5. The van der Waals surface area contributed by atoms with Gasteiger partial charge in [0, 0.05) is 11.8 Å². The van der Waals surface area contributed by atoms with Crippen LogP contribution in [0.3, 0.4) is 0 Å². The molecule has 1 aromatic heterocycles. The molecule has 0 radical (unpaired) electrons. The summed E-state index contributed by atoms with van der Waals surface area (Å²) in [5, 5.41) is 0.319. The molecule has 0 aliphatic heterocycles. The van der Waals surface area contributed by atoms with E-state index < -0.39 is 21.7 Å². The van der Waals surface area contributed by atoms with Crippen molar-refractivity contribution in [1.29, 1.82) is 0 Å². The molecule has 0 spiro atoms. The van der Waals surface area contributed by atoms with E-state index in [1.54, 1.807) is 23.9 Å². The molecule has 6 nitrogen and oxygen atoms in total. The summed E-state index contributed by atoms with van der Waals surface area (Å²) < 4.78 is 44.9. The summed E-state index contributed by atoms with van der Waals surface area (Å²) in [4.78, 5) is 16.4. The van der Waals surface area contributed by atoms with Gasteiger partial charge < -0.3 is 4.74 Å². The Hall–Kier alpha value is -2.19. The van der Waals surface area contributed by atoms with Crippen LogP contribution in [-0.2, 0) is 10.0 Å². The highest BCUT2D eigenvalue weighted by molar-refractivity contribution is 7.89. The minimum Gasteiger partial charge on any atom is -0.473 e. The van der Waals surface area contributed by atoms with Crippen LogP contribution in [0.4, 0.5) is 4.39 Å². The number of aromatic nitrogens is 1. The first-order chi connectivity index (χ1) is 14.3. The molecule has 1 aliphatic carbocycles. The second-order valence-corrected chi connectivity index (χ2v) is 11.0. The molecule has 1 heterocycles. The molecule has 1 aliphatic rings. The Labute approximate surface area is 187 Å². The molecule has 1 atom stereocenters. The van der Waals surface area contributed by atoms with Gasteiger partial charge in [-0.3, -0.25) is 4.79 Å². The van der Waals surface area contributed by atoms with Crippen LogP contribution < -0.4 is 9.46 Å². The number of carbonyl (C=O) groups is 1. The third-order valence-corrected chi connectivity index (χ3v) is 6.22. The van der Waals surface area contributed by atoms with E-state index in [0.29, 0.717) is 27.6 Å². The Balaban J connectivity index is 1.84. The number of nitrogens with one attached hydrogen (secondary N) is 1. The van der Waals surface area contributed by atoms with Crippen LogP contribution >= 0.6 is 11.6 Å². The Morgan fingerprint density at radius 2 is 2.03 bits per heavy atom. The number of carbonyl (C=O) groups excluding carboxylic acids is 1. The summed E-state index contributed by atoms with van der Waals surface area (Å²) in [5.41, 5.74) is 1.49. The van der Waals surface area contributed by atoms with E-state index in [0.717, 1.165) is 31.9 Å². The van der Waals surface area contributed by atoms with Crippen molar-refractivity contribution in [2.45, 2.75) is 52.6 Å². The van der Waals surface area contributed by atoms with Gasteiger partial charge in [0.25, 0.3) is 5.91 Å². The number of rotatable bonds is 5. The zero-order chi connectivity index (χ0) is 23.0. The molecule has 1 fully saturated rings. The van der Waals surface area contributed by atoms with E-state index in [9.17, 15) is 17.6 Å². The normalized spacial score (nSPS) is 18.5. The maximum absolute atomic E-state index is 14.6. The summed E-state index contributed by atoms with van der Waals surface area (Å²) in [6.07, 6.45) is 6.55. The van der Waals surface area contributed by atoms with Crippen molar-refractivity contribution in [1.82, 2.24) is 9.71 Å². The van der Waals surface area contributed by atoms with Gasteiger partial charge in [0.05, 0.1) is 11.8 Å². The highest BCUT2D eigenvalue weighted by Gasteiger charge is 2.30. The Morgan fingerprint density at radius 3 is 2.65 bits per heavy atom. The maximum Gasteiger partial charge on any atom is 0.267 e. The second kappa shape index (κ2) is 8.74. The number of amides is 1. The minimum absolute atomic E-state index is 0.0476. The molecule has 31 heavy (non-hydrogen) atoms. The molecule has 0 bridgehead atoms. The Bertz CT molecular complexity index is 1120. The van der Waals surface area contributed by atoms with E-state index in [4.69, 9.17) is 16.3 Å².